The van der Waals surface area contributed by atoms with Gasteiger partial charge in [-0.05, 0) is 41.6 Å². The SMILES string of the molecule is CCCOc1[c]c2ccccc2cc1-c1ccc2ccccc2c1OCC. The van der Waals surface area contributed by atoms with E-state index in [1.54, 1.807) is 0 Å². The molecule has 0 fully saturated rings. The summed E-state index contributed by atoms with van der Waals surface area (Å²) in [6.07, 6.45) is 0.955. The van der Waals surface area contributed by atoms with Crippen molar-refractivity contribution in [3.8, 4) is 22.6 Å². The fraction of sp³-hybridized carbons (Fsp3) is 0.200. The molecule has 4 aromatic rings. The van der Waals surface area contributed by atoms with Crippen molar-refractivity contribution in [2.75, 3.05) is 13.2 Å². The Morgan fingerprint density at radius 1 is 0.778 bits per heavy atom. The third kappa shape index (κ3) is 3.35. The molecule has 135 valence electrons. The Labute approximate surface area is 160 Å². The molecule has 0 amide bonds. The van der Waals surface area contributed by atoms with Gasteiger partial charge in [-0.15, -0.1) is 0 Å². The van der Waals surface area contributed by atoms with E-state index in [1.807, 2.05) is 13.0 Å². The Kier molecular flexibility index (Phi) is 4.97. The largest absolute Gasteiger partial charge is 0.493 e. The Hall–Kier alpha value is -3.00. The van der Waals surface area contributed by atoms with Crippen LogP contribution in [0.25, 0.3) is 32.7 Å². The average molecular weight is 355 g/mol. The van der Waals surface area contributed by atoms with E-state index in [9.17, 15) is 0 Å². The van der Waals surface area contributed by atoms with E-state index in [2.05, 4.69) is 73.7 Å². The van der Waals surface area contributed by atoms with E-state index >= 15 is 0 Å². The van der Waals surface area contributed by atoms with Gasteiger partial charge in [0.2, 0.25) is 0 Å². The predicted molar refractivity (Wildman–Crippen MR) is 113 cm³/mol. The second-order valence-electron chi connectivity index (χ2n) is 6.54. The smallest absolute Gasteiger partial charge is 0.135 e. The van der Waals surface area contributed by atoms with Crippen molar-refractivity contribution < 1.29 is 9.47 Å². The molecule has 0 unspecified atom stereocenters. The molecule has 1 radical (unpaired) electrons. The minimum absolute atomic E-state index is 0.615. The van der Waals surface area contributed by atoms with Gasteiger partial charge in [0, 0.05) is 22.6 Å². The van der Waals surface area contributed by atoms with E-state index in [1.165, 1.54) is 5.39 Å². The molecule has 4 rings (SSSR count). The van der Waals surface area contributed by atoms with Gasteiger partial charge in [0.05, 0.1) is 13.2 Å². The standard InChI is InChI=1S/C25H23O2/c1-3-15-27-24-17-20-11-6-5-10-19(20)16-23(24)22-14-13-18-9-7-8-12-21(18)25(22)26-4-2/h5-14,16H,3-4,15H2,1-2H3. The van der Waals surface area contributed by atoms with E-state index in [-0.39, 0.29) is 0 Å². The van der Waals surface area contributed by atoms with Crippen LogP contribution in [0.3, 0.4) is 0 Å². The Morgan fingerprint density at radius 3 is 2.37 bits per heavy atom. The summed E-state index contributed by atoms with van der Waals surface area (Å²) in [5.41, 5.74) is 2.07. The van der Waals surface area contributed by atoms with Crippen LogP contribution >= 0.6 is 0 Å². The van der Waals surface area contributed by atoms with Crippen LogP contribution in [0.4, 0.5) is 0 Å². The molecular weight excluding hydrogens is 332 g/mol. The Bertz CT molecular complexity index is 1080. The maximum atomic E-state index is 6.11. The van der Waals surface area contributed by atoms with Gasteiger partial charge in [-0.25, -0.2) is 0 Å². The molecule has 0 aliphatic carbocycles. The van der Waals surface area contributed by atoms with Crippen LogP contribution < -0.4 is 9.47 Å². The molecule has 0 saturated carbocycles. The van der Waals surface area contributed by atoms with E-state index < -0.39 is 0 Å². The summed E-state index contributed by atoms with van der Waals surface area (Å²) in [6, 6.07) is 26.5. The molecule has 0 heterocycles. The van der Waals surface area contributed by atoms with Gasteiger partial charge in [-0.1, -0.05) is 61.5 Å². The first-order valence-electron chi connectivity index (χ1n) is 9.54. The summed E-state index contributed by atoms with van der Waals surface area (Å²) in [5, 5.41) is 4.50. The van der Waals surface area contributed by atoms with Crippen LogP contribution in [-0.4, -0.2) is 13.2 Å². The number of benzene rings is 4. The third-order valence-corrected chi connectivity index (χ3v) is 4.66. The molecule has 0 N–H and O–H groups in total. The van der Waals surface area contributed by atoms with Gasteiger partial charge in [-0.3, -0.25) is 0 Å². The van der Waals surface area contributed by atoms with Crippen molar-refractivity contribution in [3.05, 3.63) is 72.8 Å². The summed E-state index contributed by atoms with van der Waals surface area (Å²) in [4.78, 5) is 0. The summed E-state index contributed by atoms with van der Waals surface area (Å²) in [5.74, 6) is 1.69. The van der Waals surface area contributed by atoms with Crippen LogP contribution in [0, 0.1) is 6.07 Å². The quantitative estimate of drug-likeness (QED) is 0.385. The molecule has 0 atom stereocenters. The van der Waals surface area contributed by atoms with Crippen LogP contribution in [0.2, 0.25) is 0 Å². The lowest BCUT2D eigenvalue weighted by Gasteiger charge is -2.17. The fourth-order valence-electron chi connectivity index (χ4n) is 3.42. The monoisotopic (exact) mass is 355 g/mol. The molecular formula is C25H23O2. The van der Waals surface area contributed by atoms with Crippen molar-refractivity contribution in [2.24, 2.45) is 0 Å². The maximum absolute atomic E-state index is 6.11. The van der Waals surface area contributed by atoms with Crippen LogP contribution in [0.1, 0.15) is 20.3 Å². The first kappa shape index (κ1) is 17.4. The van der Waals surface area contributed by atoms with Crippen molar-refractivity contribution >= 4 is 21.5 Å². The predicted octanol–water partition coefficient (Wildman–Crippen LogP) is 6.65. The maximum Gasteiger partial charge on any atom is 0.135 e. The van der Waals surface area contributed by atoms with Crippen molar-refractivity contribution in [2.45, 2.75) is 20.3 Å². The molecule has 0 aliphatic heterocycles. The van der Waals surface area contributed by atoms with Gasteiger partial charge < -0.3 is 9.47 Å². The molecule has 27 heavy (non-hydrogen) atoms. The van der Waals surface area contributed by atoms with Gasteiger partial charge >= 0.3 is 0 Å². The summed E-state index contributed by atoms with van der Waals surface area (Å²) in [6.45, 7) is 5.41. The van der Waals surface area contributed by atoms with Crippen LogP contribution in [0.5, 0.6) is 11.5 Å². The van der Waals surface area contributed by atoms with Crippen LogP contribution in [-0.2, 0) is 0 Å². The zero-order chi connectivity index (χ0) is 18.6. The lowest BCUT2D eigenvalue weighted by molar-refractivity contribution is 0.317. The van der Waals surface area contributed by atoms with Gasteiger partial charge in [-0.2, -0.15) is 0 Å². The molecule has 4 aromatic carbocycles. The molecule has 0 spiro atoms. The van der Waals surface area contributed by atoms with E-state index in [4.69, 9.17) is 9.47 Å². The third-order valence-electron chi connectivity index (χ3n) is 4.66. The summed E-state index contributed by atoms with van der Waals surface area (Å²) in [7, 11) is 0. The van der Waals surface area contributed by atoms with Crippen molar-refractivity contribution in [1.29, 1.82) is 0 Å². The number of hydrogen-bond donors (Lipinski definition) is 0. The highest BCUT2D eigenvalue weighted by Gasteiger charge is 2.16. The van der Waals surface area contributed by atoms with Gasteiger partial charge in [0.1, 0.15) is 11.5 Å². The highest BCUT2D eigenvalue weighted by molar-refractivity contribution is 5.98. The Morgan fingerprint density at radius 2 is 1.56 bits per heavy atom. The minimum Gasteiger partial charge on any atom is -0.493 e. The highest BCUT2D eigenvalue weighted by atomic mass is 16.5. The lowest BCUT2D eigenvalue weighted by atomic mass is 9.96. The average Bonchev–Trinajstić information content (AvgIpc) is 2.72. The highest BCUT2D eigenvalue weighted by Crippen LogP contribution is 2.42. The summed E-state index contributed by atoms with van der Waals surface area (Å²) >= 11 is 0. The molecule has 0 aliphatic rings. The Balaban J connectivity index is 1.98. The van der Waals surface area contributed by atoms with E-state index in [0.29, 0.717) is 13.2 Å². The molecule has 2 nitrogen and oxygen atoms in total. The first-order chi connectivity index (χ1) is 13.3. The number of hydrogen-bond acceptors (Lipinski definition) is 2. The van der Waals surface area contributed by atoms with Gasteiger partial charge in [0.15, 0.2) is 0 Å². The van der Waals surface area contributed by atoms with E-state index in [0.717, 1.165) is 45.2 Å². The molecule has 0 aromatic heterocycles. The minimum atomic E-state index is 0.615. The van der Waals surface area contributed by atoms with Crippen molar-refractivity contribution in [3.63, 3.8) is 0 Å². The topological polar surface area (TPSA) is 18.5 Å². The second kappa shape index (κ2) is 7.71. The number of fused-ring (bicyclic) bond motifs is 2. The number of rotatable bonds is 6. The normalized spacial score (nSPS) is 11.0. The van der Waals surface area contributed by atoms with Crippen LogP contribution in [0.15, 0.2) is 66.7 Å². The second-order valence-corrected chi connectivity index (χ2v) is 6.54. The van der Waals surface area contributed by atoms with Crippen molar-refractivity contribution in [1.82, 2.24) is 0 Å². The fourth-order valence-corrected chi connectivity index (χ4v) is 3.42. The summed E-state index contributed by atoms with van der Waals surface area (Å²) < 4.78 is 12.2. The molecule has 0 saturated heterocycles. The molecule has 2 heteroatoms. The number of ether oxygens (including phenoxy) is 2. The molecule has 0 bridgehead atoms. The lowest BCUT2D eigenvalue weighted by Crippen LogP contribution is -2.00. The zero-order valence-corrected chi connectivity index (χ0v) is 15.8. The zero-order valence-electron chi connectivity index (χ0n) is 15.8. The van der Waals surface area contributed by atoms with Gasteiger partial charge in [0.25, 0.3) is 0 Å². The first-order valence-corrected chi connectivity index (χ1v) is 9.54.